The molecule has 9 nitrogen and oxygen atoms in total. The number of alkyl halides is 2. The minimum atomic E-state index is -2.56. The third-order valence-electron chi connectivity index (χ3n) is 6.52. The predicted octanol–water partition coefficient (Wildman–Crippen LogP) is 1.90. The summed E-state index contributed by atoms with van der Waals surface area (Å²) < 4.78 is 34.4. The molecule has 1 atom stereocenters. The Morgan fingerprint density at radius 1 is 1.11 bits per heavy atom. The second-order valence-corrected chi connectivity index (χ2v) is 8.69. The number of hydrogen-bond acceptors (Lipinski definition) is 7. The van der Waals surface area contributed by atoms with Crippen molar-refractivity contribution < 1.29 is 23.1 Å². The first-order valence-electron chi connectivity index (χ1n) is 11.4. The number of rotatable bonds is 7. The van der Waals surface area contributed by atoms with Crippen molar-refractivity contribution in [2.75, 3.05) is 26.2 Å². The first-order valence-corrected chi connectivity index (χ1v) is 11.4. The number of cyclic esters (lactones) is 1. The molecule has 1 unspecified atom stereocenters. The maximum absolute atomic E-state index is 13.9. The third-order valence-corrected chi connectivity index (χ3v) is 6.52. The van der Waals surface area contributed by atoms with E-state index in [1.807, 2.05) is 24.3 Å². The number of hydrogen-bond donors (Lipinski definition) is 0. The quantitative estimate of drug-likeness (QED) is 0.475. The van der Waals surface area contributed by atoms with E-state index in [1.54, 1.807) is 23.1 Å². The number of tetrazole rings is 1. The van der Waals surface area contributed by atoms with Crippen molar-refractivity contribution in [1.29, 1.82) is 0 Å². The summed E-state index contributed by atoms with van der Waals surface area (Å²) in [7, 11) is 0. The van der Waals surface area contributed by atoms with Gasteiger partial charge < -0.3 is 9.64 Å². The number of amides is 1. The highest BCUT2D eigenvalue weighted by Crippen LogP contribution is 2.23. The van der Waals surface area contributed by atoms with Crippen LogP contribution >= 0.6 is 0 Å². The van der Waals surface area contributed by atoms with Crippen LogP contribution in [0, 0.1) is 0 Å². The maximum atomic E-state index is 13.9. The van der Waals surface area contributed by atoms with E-state index >= 15 is 0 Å². The number of aromatic nitrogens is 4. The normalized spacial score (nSPS) is 18.1. The van der Waals surface area contributed by atoms with Gasteiger partial charge in [0.25, 0.3) is 6.43 Å². The Balaban J connectivity index is 1.17. The summed E-state index contributed by atoms with van der Waals surface area (Å²) in [6.07, 6.45) is -0.370. The summed E-state index contributed by atoms with van der Waals surface area (Å²) in [6, 6.07) is 11.7. The third kappa shape index (κ3) is 5.04. The topological polar surface area (TPSA) is 93.5 Å². The van der Waals surface area contributed by atoms with Crippen LogP contribution in [0.4, 0.5) is 8.78 Å². The van der Waals surface area contributed by atoms with Gasteiger partial charge in [-0.2, -0.15) is 0 Å². The van der Waals surface area contributed by atoms with E-state index in [-0.39, 0.29) is 31.4 Å². The van der Waals surface area contributed by atoms with Crippen LogP contribution in [0.1, 0.15) is 27.0 Å². The van der Waals surface area contributed by atoms with Crippen molar-refractivity contribution in [2.45, 2.75) is 31.9 Å². The first kappa shape index (κ1) is 23.0. The zero-order valence-corrected chi connectivity index (χ0v) is 18.9. The molecule has 3 heterocycles. The number of benzene rings is 2. The van der Waals surface area contributed by atoms with Crippen LogP contribution in [0.5, 0.6) is 0 Å². The van der Waals surface area contributed by atoms with E-state index in [0.29, 0.717) is 31.6 Å². The molecule has 3 aromatic rings. The van der Waals surface area contributed by atoms with E-state index in [2.05, 4.69) is 15.5 Å². The van der Waals surface area contributed by atoms with Crippen molar-refractivity contribution in [1.82, 2.24) is 30.0 Å². The number of fused-ring (bicyclic) bond motifs is 1. The second-order valence-electron chi connectivity index (χ2n) is 8.69. The first-order chi connectivity index (χ1) is 17.0. The molecule has 2 aromatic carbocycles. The van der Waals surface area contributed by atoms with Gasteiger partial charge in [-0.3, -0.25) is 9.69 Å². The average molecular weight is 482 g/mol. The molecule has 0 N–H and O–H groups in total. The highest BCUT2D eigenvalue weighted by molar-refractivity contribution is 5.93. The molecule has 182 valence electrons. The van der Waals surface area contributed by atoms with Gasteiger partial charge >= 0.3 is 5.97 Å². The van der Waals surface area contributed by atoms with Gasteiger partial charge in [-0.15, -0.1) is 5.10 Å². The van der Waals surface area contributed by atoms with Crippen LogP contribution in [-0.2, 0) is 29.0 Å². The van der Waals surface area contributed by atoms with Gasteiger partial charge in [0.2, 0.25) is 5.91 Å². The maximum Gasteiger partial charge on any atom is 0.338 e. The Morgan fingerprint density at radius 3 is 2.66 bits per heavy atom. The SMILES string of the molecule is O=C1OCc2cc(CCN3CCN(C(=O)Cc4ccc(-n5cnnn5)cc4)CC3C(F)F)ccc21. The Bertz CT molecular complexity index is 1200. The molecule has 11 heteroatoms. The fourth-order valence-electron chi connectivity index (χ4n) is 4.54. The molecule has 1 amide bonds. The standard InChI is InChI=1S/C24H24F2N6O3/c25-23(26)21-13-31(22(33)12-16-1-4-19(5-2-16)32-15-27-28-29-32)10-9-30(21)8-7-17-3-6-20-18(11-17)14-35-24(20)34/h1-6,11,15,21,23H,7-10,12-14H2. The molecular weight excluding hydrogens is 458 g/mol. The van der Waals surface area contributed by atoms with E-state index in [0.717, 1.165) is 22.4 Å². The highest BCUT2D eigenvalue weighted by atomic mass is 19.3. The van der Waals surface area contributed by atoms with Crippen molar-refractivity contribution in [2.24, 2.45) is 0 Å². The van der Waals surface area contributed by atoms with Crippen molar-refractivity contribution in [3.63, 3.8) is 0 Å². The van der Waals surface area contributed by atoms with Crippen LogP contribution in [0.25, 0.3) is 5.69 Å². The zero-order valence-electron chi connectivity index (χ0n) is 18.9. The number of piperazine rings is 1. The van der Waals surface area contributed by atoms with Crippen LogP contribution in [0.3, 0.4) is 0 Å². The lowest BCUT2D eigenvalue weighted by atomic mass is 10.0. The molecule has 0 spiro atoms. The van der Waals surface area contributed by atoms with E-state index in [4.69, 9.17) is 4.74 Å². The van der Waals surface area contributed by atoms with E-state index in [9.17, 15) is 18.4 Å². The van der Waals surface area contributed by atoms with Crippen LogP contribution in [0.2, 0.25) is 0 Å². The summed E-state index contributed by atoms with van der Waals surface area (Å²) in [5.74, 6) is -0.498. The lowest BCUT2D eigenvalue weighted by Crippen LogP contribution is -2.58. The Labute approximate surface area is 200 Å². The number of ether oxygens (including phenoxy) is 1. The van der Waals surface area contributed by atoms with Gasteiger partial charge in [0.05, 0.1) is 23.7 Å². The van der Waals surface area contributed by atoms with Crippen LogP contribution in [0.15, 0.2) is 48.8 Å². The number of carbonyl (C=O) groups excluding carboxylic acids is 2. The van der Waals surface area contributed by atoms with Crippen LogP contribution in [-0.4, -0.2) is 80.5 Å². The van der Waals surface area contributed by atoms with Gasteiger partial charge in [-0.25, -0.2) is 18.3 Å². The summed E-state index contributed by atoms with van der Waals surface area (Å²) in [5.41, 5.74) is 3.93. The van der Waals surface area contributed by atoms with Gasteiger partial charge in [-0.05, 0) is 46.2 Å². The molecule has 1 saturated heterocycles. The molecule has 2 aliphatic heterocycles. The molecule has 2 aliphatic rings. The van der Waals surface area contributed by atoms with Gasteiger partial charge in [0.15, 0.2) is 0 Å². The fraction of sp³-hybridized carbons (Fsp3) is 0.375. The lowest BCUT2D eigenvalue weighted by molar-refractivity contribution is -0.135. The van der Waals surface area contributed by atoms with Gasteiger partial charge in [-0.1, -0.05) is 24.3 Å². The number of halogens is 2. The molecule has 0 aliphatic carbocycles. The predicted molar refractivity (Wildman–Crippen MR) is 120 cm³/mol. The van der Waals surface area contributed by atoms with Crippen molar-refractivity contribution in [3.8, 4) is 5.69 Å². The Hall–Kier alpha value is -3.73. The molecule has 1 fully saturated rings. The number of esters is 1. The van der Waals surface area contributed by atoms with E-state index < -0.39 is 12.5 Å². The summed E-state index contributed by atoms with van der Waals surface area (Å²) in [5, 5.41) is 11.0. The monoisotopic (exact) mass is 482 g/mol. The van der Waals surface area contributed by atoms with Crippen molar-refractivity contribution >= 4 is 11.9 Å². The molecule has 5 rings (SSSR count). The largest absolute Gasteiger partial charge is 0.457 e. The number of carbonyl (C=O) groups is 2. The minimum absolute atomic E-state index is 0.00820. The molecule has 1 aromatic heterocycles. The summed E-state index contributed by atoms with van der Waals surface area (Å²) in [6.45, 7) is 1.47. The molecule has 35 heavy (non-hydrogen) atoms. The van der Waals surface area contributed by atoms with E-state index in [1.165, 1.54) is 15.9 Å². The zero-order chi connectivity index (χ0) is 24.4. The fourth-order valence-corrected chi connectivity index (χ4v) is 4.54. The highest BCUT2D eigenvalue weighted by Gasteiger charge is 2.35. The summed E-state index contributed by atoms with van der Waals surface area (Å²) >= 11 is 0. The second kappa shape index (κ2) is 9.87. The van der Waals surface area contributed by atoms with Crippen LogP contribution < -0.4 is 0 Å². The van der Waals surface area contributed by atoms with Gasteiger partial charge in [0.1, 0.15) is 12.9 Å². The molecule has 0 bridgehead atoms. The Kier molecular flexibility index (Phi) is 6.49. The lowest BCUT2D eigenvalue weighted by Gasteiger charge is -2.41. The van der Waals surface area contributed by atoms with Gasteiger partial charge in [0, 0.05) is 31.7 Å². The molecular formula is C24H24F2N6O3. The number of nitrogens with zero attached hydrogens (tertiary/aromatic N) is 6. The summed E-state index contributed by atoms with van der Waals surface area (Å²) in [4.78, 5) is 27.7. The minimum Gasteiger partial charge on any atom is -0.457 e. The average Bonchev–Trinajstić information content (AvgIpc) is 3.53. The van der Waals surface area contributed by atoms with Crippen molar-refractivity contribution in [3.05, 3.63) is 71.0 Å². The molecule has 0 saturated carbocycles. The smallest absolute Gasteiger partial charge is 0.338 e. The molecule has 0 radical (unpaired) electrons. The Morgan fingerprint density at radius 2 is 1.91 bits per heavy atom.